The fourth-order valence-corrected chi connectivity index (χ4v) is 3.47. The molecule has 0 aliphatic carbocycles. The number of benzene rings is 1. The lowest BCUT2D eigenvalue weighted by molar-refractivity contribution is -0.115. The Morgan fingerprint density at radius 1 is 1.31 bits per heavy atom. The van der Waals surface area contributed by atoms with Crippen molar-refractivity contribution < 1.29 is 13.9 Å². The molecular weight excluding hydrogens is 372 g/mol. The lowest BCUT2D eigenvalue weighted by Gasteiger charge is -2.05. The zero-order valence-corrected chi connectivity index (χ0v) is 16.0. The van der Waals surface area contributed by atoms with E-state index in [-0.39, 0.29) is 5.91 Å². The number of hydrogen-bond donors (Lipinski definition) is 1. The highest BCUT2D eigenvalue weighted by atomic mass is 32.2. The smallest absolute Gasteiger partial charge is 0.276 e. The molecule has 0 radical (unpaired) electrons. The van der Waals surface area contributed by atoms with Crippen LogP contribution in [0.5, 0.6) is 5.75 Å². The average Bonchev–Trinajstić information content (AvgIpc) is 3.25. The van der Waals surface area contributed by atoms with E-state index in [1.54, 1.807) is 42.7 Å². The number of amides is 1. The van der Waals surface area contributed by atoms with Crippen molar-refractivity contribution in [1.29, 1.82) is 0 Å². The van der Waals surface area contributed by atoms with Gasteiger partial charge < -0.3 is 14.5 Å². The zero-order chi connectivity index (χ0) is 18.4. The lowest BCUT2D eigenvalue weighted by Crippen LogP contribution is -2.12. The van der Waals surface area contributed by atoms with Crippen molar-refractivity contribution in [3.8, 4) is 5.75 Å². The van der Waals surface area contributed by atoms with Crippen LogP contribution in [-0.2, 0) is 11.2 Å². The maximum absolute atomic E-state index is 12.0. The summed E-state index contributed by atoms with van der Waals surface area (Å²) in [6.45, 7) is 1.96. The Morgan fingerprint density at radius 3 is 2.81 bits per heavy atom. The molecule has 136 valence electrons. The first-order chi connectivity index (χ1) is 12.6. The Morgan fingerprint density at radius 2 is 2.12 bits per heavy atom. The van der Waals surface area contributed by atoms with Crippen LogP contribution >= 0.6 is 23.1 Å². The van der Waals surface area contributed by atoms with Crippen molar-refractivity contribution >= 4 is 34.7 Å². The minimum Gasteiger partial charge on any atom is -0.497 e. The number of anilines is 1. The molecule has 9 heteroatoms. The van der Waals surface area contributed by atoms with Crippen LogP contribution in [-0.4, -0.2) is 34.0 Å². The van der Waals surface area contributed by atoms with E-state index in [2.05, 4.69) is 20.5 Å². The highest BCUT2D eigenvalue weighted by Gasteiger charge is 2.10. The maximum atomic E-state index is 12.0. The summed E-state index contributed by atoms with van der Waals surface area (Å²) < 4.78 is 10.7. The quantitative estimate of drug-likeness (QED) is 0.588. The van der Waals surface area contributed by atoms with Crippen LogP contribution in [0.1, 0.15) is 23.0 Å². The van der Waals surface area contributed by atoms with E-state index in [4.69, 9.17) is 9.15 Å². The maximum Gasteiger partial charge on any atom is 0.276 e. The summed E-state index contributed by atoms with van der Waals surface area (Å²) in [5.74, 6) is 1.76. The SMILES string of the molecule is COc1ccc(NC(=O)CCSc2nnc(Cc3csc(C)n3)o2)cc1. The number of thioether (sulfide) groups is 1. The molecule has 0 aliphatic rings. The number of nitrogens with one attached hydrogen (secondary N) is 1. The fourth-order valence-electron chi connectivity index (χ4n) is 2.14. The summed E-state index contributed by atoms with van der Waals surface area (Å²) in [5.41, 5.74) is 1.66. The molecule has 0 aliphatic heterocycles. The van der Waals surface area contributed by atoms with E-state index >= 15 is 0 Å². The van der Waals surface area contributed by atoms with Crippen molar-refractivity contribution in [3.63, 3.8) is 0 Å². The van der Waals surface area contributed by atoms with Crippen molar-refractivity contribution in [2.24, 2.45) is 0 Å². The Bertz CT molecular complexity index is 861. The van der Waals surface area contributed by atoms with Gasteiger partial charge in [-0.15, -0.1) is 21.5 Å². The van der Waals surface area contributed by atoms with Gasteiger partial charge >= 0.3 is 0 Å². The molecule has 0 bridgehead atoms. The van der Waals surface area contributed by atoms with Crippen molar-refractivity contribution in [1.82, 2.24) is 15.2 Å². The number of rotatable bonds is 8. The first kappa shape index (κ1) is 18.4. The fraction of sp³-hybridized carbons (Fsp3) is 0.294. The Kier molecular flexibility index (Phi) is 6.24. The predicted octanol–water partition coefficient (Wildman–Crippen LogP) is 3.55. The molecule has 3 rings (SSSR count). The molecule has 2 aromatic heterocycles. The standard InChI is InChI=1S/C17H18N4O3S2/c1-11-18-13(10-26-11)9-16-20-21-17(24-16)25-8-7-15(22)19-12-3-5-14(23-2)6-4-12/h3-6,10H,7-9H2,1-2H3,(H,19,22). The van der Waals surface area contributed by atoms with E-state index in [0.717, 1.165) is 22.1 Å². The van der Waals surface area contributed by atoms with Gasteiger partial charge in [0.05, 0.1) is 24.2 Å². The number of aromatic nitrogens is 3. The normalized spacial score (nSPS) is 10.7. The monoisotopic (exact) mass is 390 g/mol. The van der Waals surface area contributed by atoms with Gasteiger partial charge in [-0.3, -0.25) is 4.79 Å². The number of thiazole rings is 1. The molecule has 0 spiro atoms. The molecule has 7 nitrogen and oxygen atoms in total. The predicted molar refractivity (Wildman–Crippen MR) is 101 cm³/mol. The second kappa shape index (κ2) is 8.81. The number of ether oxygens (including phenoxy) is 1. The summed E-state index contributed by atoms with van der Waals surface area (Å²) in [6, 6.07) is 7.20. The van der Waals surface area contributed by atoms with Crippen LogP contribution < -0.4 is 10.1 Å². The average molecular weight is 390 g/mol. The molecule has 26 heavy (non-hydrogen) atoms. The molecular formula is C17H18N4O3S2. The summed E-state index contributed by atoms with van der Waals surface area (Å²) in [5, 5.41) is 14.3. The molecule has 3 aromatic rings. The number of aryl methyl sites for hydroxylation is 1. The van der Waals surface area contributed by atoms with Gasteiger partial charge in [-0.05, 0) is 31.2 Å². The minimum absolute atomic E-state index is 0.0691. The largest absolute Gasteiger partial charge is 0.497 e. The lowest BCUT2D eigenvalue weighted by atomic mass is 10.3. The molecule has 0 atom stereocenters. The number of carbonyl (C=O) groups is 1. The first-order valence-electron chi connectivity index (χ1n) is 7.92. The van der Waals surface area contributed by atoms with Gasteiger partial charge in [-0.25, -0.2) is 4.98 Å². The Labute approximate surface area is 159 Å². The topological polar surface area (TPSA) is 90.1 Å². The van der Waals surface area contributed by atoms with E-state index in [1.807, 2.05) is 12.3 Å². The highest BCUT2D eigenvalue weighted by Crippen LogP contribution is 2.20. The van der Waals surface area contributed by atoms with Crippen molar-refractivity contribution in [3.05, 3.63) is 46.2 Å². The second-order valence-corrected chi connectivity index (χ2v) is 7.48. The summed E-state index contributed by atoms with van der Waals surface area (Å²) in [4.78, 5) is 16.4. The van der Waals surface area contributed by atoms with Gasteiger partial charge in [-0.2, -0.15) is 0 Å². The molecule has 1 amide bonds. The first-order valence-corrected chi connectivity index (χ1v) is 9.79. The van der Waals surface area contributed by atoms with Crippen molar-refractivity contribution in [2.75, 3.05) is 18.2 Å². The van der Waals surface area contributed by atoms with Crippen LogP contribution in [0, 0.1) is 6.92 Å². The van der Waals surface area contributed by atoms with E-state index < -0.39 is 0 Å². The van der Waals surface area contributed by atoms with Crippen LogP contribution in [0.15, 0.2) is 39.3 Å². The van der Waals surface area contributed by atoms with Gasteiger partial charge in [-0.1, -0.05) is 11.8 Å². The minimum atomic E-state index is -0.0691. The van der Waals surface area contributed by atoms with E-state index in [9.17, 15) is 4.79 Å². The number of methoxy groups -OCH3 is 1. The van der Waals surface area contributed by atoms with Crippen LogP contribution in [0.2, 0.25) is 0 Å². The number of nitrogens with zero attached hydrogens (tertiary/aromatic N) is 3. The van der Waals surface area contributed by atoms with Gasteiger partial charge in [0, 0.05) is 23.2 Å². The van der Waals surface area contributed by atoms with Gasteiger partial charge in [0.2, 0.25) is 11.8 Å². The summed E-state index contributed by atoms with van der Waals surface area (Å²) in [6.07, 6.45) is 0.871. The molecule has 2 heterocycles. The third-order valence-electron chi connectivity index (χ3n) is 3.38. The third kappa shape index (κ3) is 5.30. The van der Waals surface area contributed by atoms with Crippen LogP contribution in [0.3, 0.4) is 0 Å². The van der Waals surface area contributed by atoms with Crippen molar-refractivity contribution in [2.45, 2.75) is 25.0 Å². The van der Waals surface area contributed by atoms with E-state index in [0.29, 0.717) is 29.7 Å². The van der Waals surface area contributed by atoms with Crippen LogP contribution in [0.4, 0.5) is 5.69 Å². The van der Waals surface area contributed by atoms with Gasteiger partial charge in [0.15, 0.2) is 0 Å². The number of carbonyl (C=O) groups excluding carboxylic acids is 1. The third-order valence-corrected chi connectivity index (χ3v) is 5.02. The molecule has 1 aromatic carbocycles. The summed E-state index contributed by atoms with van der Waals surface area (Å²) >= 11 is 2.96. The Hall–Kier alpha value is -2.39. The Balaban J connectivity index is 1.42. The molecule has 0 fully saturated rings. The van der Waals surface area contributed by atoms with E-state index in [1.165, 1.54) is 11.8 Å². The summed E-state index contributed by atoms with van der Waals surface area (Å²) in [7, 11) is 1.60. The highest BCUT2D eigenvalue weighted by molar-refractivity contribution is 7.99. The molecule has 0 unspecified atom stereocenters. The zero-order valence-electron chi connectivity index (χ0n) is 14.4. The number of hydrogen-bond acceptors (Lipinski definition) is 8. The second-order valence-electron chi connectivity index (χ2n) is 5.37. The van der Waals surface area contributed by atoms with Gasteiger partial charge in [0.25, 0.3) is 5.22 Å². The molecule has 0 saturated carbocycles. The van der Waals surface area contributed by atoms with Gasteiger partial charge in [0.1, 0.15) is 5.75 Å². The molecule has 1 N–H and O–H groups in total. The molecule has 0 saturated heterocycles. The van der Waals surface area contributed by atoms with Crippen LogP contribution in [0.25, 0.3) is 0 Å².